The molecule has 0 radical (unpaired) electrons. The molecule has 3 nitrogen and oxygen atoms in total. The summed E-state index contributed by atoms with van der Waals surface area (Å²) < 4.78 is 28.6. The Morgan fingerprint density at radius 1 is 1.25 bits per heavy atom. The molecular formula is C15H18F2N2O. The second-order valence-electron chi connectivity index (χ2n) is 5.19. The molecule has 108 valence electrons. The number of aliphatic hydroxyl groups excluding tert-OH is 1. The molecule has 1 N–H and O–H groups in total. The van der Waals surface area contributed by atoms with Crippen molar-refractivity contribution in [1.29, 1.82) is 0 Å². The largest absolute Gasteiger partial charge is 0.392 e. The molecule has 0 aliphatic heterocycles. The Balaban J connectivity index is 2.50. The summed E-state index contributed by atoms with van der Waals surface area (Å²) in [4.78, 5) is 4.08. The molecule has 0 amide bonds. The molecule has 0 aliphatic carbocycles. The molecule has 1 aromatic heterocycles. The third-order valence-corrected chi connectivity index (χ3v) is 3.13. The zero-order valence-corrected chi connectivity index (χ0v) is 11.8. The van der Waals surface area contributed by atoms with Crippen LogP contribution in [-0.4, -0.2) is 14.7 Å². The van der Waals surface area contributed by atoms with Crippen LogP contribution in [0.1, 0.15) is 38.1 Å². The Bertz CT molecular complexity index is 583. The number of alkyl halides is 2. The van der Waals surface area contributed by atoms with Crippen LogP contribution in [0.2, 0.25) is 0 Å². The lowest BCUT2D eigenvalue weighted by molar-refractivity contribution is 0.0131. The SMILES string of the molecule is CC(C)n1cc(C(C)(F)F)nc1-c1ccc(CO)cc1. The van der Waals surface area contributed by atoms with Gasteiger partial charge in [-0.2, -0.15) is 8.78 Å². The van der Waals surface area contributed by atoms with E-state index in [0.717, 1.165) is 18.1 Å². The van der Waals surface area contributed by atoms with E-state index < -0.39 is 5.92 Å². The predicted molar refractivity (Wildman–Crippen MR) is 73.5 cm³/mol. The minimum absolute atomic E-state index is 0.0334. The van der Waals surface area contributed by atoms with Crippen molar-refractivity contribution in [3.63, 3.8) is 0 Å². The van der Waals surface area contributed by atoms with E-state index in [1.807, 2.05) is 13.8 Å². The van der Waals surface area contributed by atoms with Gasteiger partial charge < -0.3 is 9.67 Å². The Kier molecular flexibility index (Phi) is 3.90. The second-order valence-corrected chi connectivity index (χ2v) is 5.19. The average Bonchev–Trinajstić information content (AvgIpc) is 2.84. The highest BCUT2D eigenvalue weighted by atomic mass is 19.3. The lowest BCUT2D eigenvalue weighted by Gasteiger charge is -2.11. The Labute approximate surface area is 116 Å². The van der Waals surface area contributed by atoms with Gasteiger partial charge >= 0.3 is 0 Å². The monoisotopic (exact) mass is 280 g/mol. The van der Waals surface area contributed by atoms with Crippen molar-refractivity contribution < 1.29 is 13.9 Å². The molecule has 0 atom stereocenters. The van der Waals surface area contributed by atoms with Gasteiger partial charge in [0.1, 0.15) is 11.5 Å². The summed E-state index contributed by atoms with van der Waals surface area (Å²) in [5.41, 5.74) is 1.30. The Morgan fingerprint density at radius 2 is 1.85 bits per heavy atom. The summed E-state index contributed by atoms with van der Waals surface area (Å²) in [7, 11) is 0. The first kappa shape index (κ1) is 14.7. The molecule has 5 heteroatoms. The van der Waals surface area contributed by atoms with Gasteiger partial charge in [-0.1, -0.05) is 24.3 Å². The lowest BCUT2D eigenvalue weighted by atomic mass is 10.1. The van der Waals surface area contributed by atoms with Gasteiger partial charge in [0.05, 0.1) is 6.61 Å². The van der Waals surface area contributed by atoms with Crippen LogP contribution in [0.4, 0.5) is 8.78 Å². The molecule has 0 aliphatic rings. The van der Waals surface area contributed by atoms with Gasteiger partial charge in [0.25, 0.3) is 5.92 Å². The van der Waals surface area contributed by atoms with Gasteiger partial charge in [-0.3, -0.25) is 0 Å². The van der Waals surface area contributed by atoms with Crippen LogP contribution in [0, 0.1) is 0 Å². The molecule has 0 spiro atoms. The van der Waals surface area contributed by atoms with Crippen LogP contribution >= 0.6 is 0 Å². The standard InChI is InChI=1S/C15H18F2N2O/c1-10(2)19-8-13(15(3,16)17)18-14(19)12-6-4-11(9-20)5-7-12/h4-8,10,20H,9H2,1-3H3. The normalized spacial score (nSPS) is 12.2. The summed E-state index contributed by atoms with van der Waals surface area (Å²) >= 11 is 0. The summed E-state index contributed by atoms with van der Waals surface area (Å²) in [6.07, 6.45) is 1.40. The predicted octanol–water partition coefficient (Wildman–Crippen LogP) is 3.74. The molecule has 1 heterocycles. The molecule has 20 heavy (non-hydrogen) atoms. The van der Waals surface area contributed by atoms with Gasteiger partial charge in [-0.05, 0) is 19.4 Å². The maximum atomic E-state index is 13.4. The topological polar surface area (TPSA) is 38.0 Å². The van der Waals surface area contributed by atoms with E-state index in [1.165, 1.54) is 6.20 Å². The first-order valence-electron chi connectivity index (χ1n) is 6.50. The highest BCUT2D eigenvalue weighted by Gasteiger charge is 2.29. The first-order valence-corrected chi connectivity index (χ1v) is 6.50. The van der Waals surface area contributed by atoms with Gasteiger partial charge in [0.2, 0.25) is 0 Å². The number of benzene rings is 1. The van der Waals surface area contributed by atoms with E-state index in [2.05, 4.69) is 4.98 Å². The maximum absolute atomic E-state index is 13.4. The quantitative estimate of drug-likeness (QED) is 0.926. The van der Waals surface area contributed by atoms with Crippen LogP contribution in [0.3, 0.4) is 0 Å². The van der Waals surface area contributed by atoms with Gasteiger partial charge in [0.15, 0.2) is 0 Å². The van der Waals surface area contributed by atoms with Gasteiger partial charge in [-0.25, -0.2) is 4.98 Å². The zero-order chi connectivity index (χ0) is 14.9. The Morgan fingerprint density at radius 3 is 2.30 bits per heavy atom. The van der Waals surface area contributed by atoms with Crippen LogP contribution in [0.5, 0.6) is 0 Å². The van der Waals surface area contributed by atoms with Crippen LogP contribution < -0.4 is 0 Å². The third-order valence-electron chi connectivity index (χ3n) is 3.13. The molecule has 0 fully saturated rings. The van der Waals surface area contributed by atoms with E-state index >= 15 is 0 Å². The second kappa shape index (κ2) is 5.32. The number of imidazole rings is 1. The maximum Gasteiger partial charge on any atom is 0.288 e. The van der Waals surface area contributed by atoms with Gasteiger partial charge in [0, 0.05) is 24.7 Å². The minimum Gasteiger partial charge on any atom is -0.392 e. The van der Waals surface area contributed by atoms with Crippen LogP contribution in [0.15, 0.2) is 30.5 Å². The fourth-order valence-corrected chi connectivity index (χ4v) is 1.97. The summed E-state index contributed by atoms with van der Waals surface area (Å²) in [5.74, 6) is -2.44. The van der Waals surface area contributed by atoms with Crippen molar-refractivity contribution in [2.75, 3.05) is 0 Å². The van der Waals surface area contributed by atoms with Crippen molar-refractivity contribution in [3.8, 4) is 11.4 Å². The molecular weight excluding hydrogens is 262 g/mol. The summed E-state index contributed by atoms with van der Waals surface area (Å²) in [6.45, 7) is 4.64. The van der Waals surface area contributed by atoms with Crippen molar-refractivity contribution in [3.05, 3.63) is 41.7 Å². The highest BCUT2D eigenvalue weighted by Crippen LogP contribution is 2.31. The molecule has 2 rings (SSSR count). The van der Waals surface area contributed by atoms with Gasteiger partial charge in [-0.15, -0.1) is 0 Å². The molecule has 0 unspecified atom stereocenters. The number of aromatic nitrogens is 2. The number of hydrogen-bond donors (Lipinski definition) is 1. The first-order chi connectivity index (χ1) is 9.32. The fraction of sp³-hybridized carbons (Fsp3) is 0.400. The molecule has 0 saturated heterocycles. The third kappa shape index (κ3) is 2.88. The van der Waals surface area contributed by atoms with Crippen molar-refractivity contribution in [1.82, 2.24) is 9.55 Å². The number of aliphatic hydroxyl groups is 1. The number of nitrogens with zero attached hydrogens (tertiary/aromatic N) is 2. The number of rotatable bonds is 4. The van der Waals surface area contributed by atoms with Crippen molar-refractivity contribution in [2.24, 2.45) is 0 Å². The molecule has 1 aromatic carbocycles. The number of halogens is 2. The Hall–Kier alpha value is -1.75. The van der Waals surface area contributed by atoms with Crippen molar-refractivity contribution >= 4 is 0 Å². The molecule has 0 bridgehead atoms. The van der Waals surface area contributed by atoms with E-state index in [9.17, 15) is 8.78 Å². The average molecular weight is 280 g/mol. The smallest absolute Gasteiger partial charge is 0.288 e. The van der Waals surface area contributed by atoms with E-state index in [1.54, 1.807) is 28.8 Å². The van der Waals surface area contributed by atoms with Crippen LogP contribution in [-0.2, 0) is 12.5 Å². The van der Waals surface area contributed by atoms with Crippen molar-refractivity contribution in [2.45, 2.75) is 39.3 Å². The summed E-state index contributed by atoms with van der Waals surface area (Å²) in [5, 5.41) is 9.03. The van der Waals surface area contributed by atoms with E-state index in [0.29, 0.717) is 5.82 Å². The van der Waals surface area contributed by atoms with E-state index in [-0.39, 0.29) is 18.3 Å². The highest BCUT2D eigenvalue weighted by molar-refractivity contribution is 5.57. The molecule has 0 saturated carbocycles. The molecule has 2 aromatic rings. The zero-order valence-electron chi connectivity index (χ0n) is 11.8. The number of hydrogen-bond acceptors (Lipinski definition) is 2. The fourth-order valence-electron chi connectivity index (χ4n) is 1.97. The van der Waals surface area contributed by atoms with E-state index in [4.69, 9.17) is 5.11 Å². The minimum atomic E-state index is -2.96. The van der Waals surface area contributed by atoms with Crippen LogP contribution in [0.25, 0.3) is 11.4 Å². The summed E-state index contributed by atoms with van der Waals surface area (Å²) in [6, 6.07) is 7.12. The lowest BCUT2D eigenvalue weighted by Crippen LogP contribution is -2.07.